The van der Waals surface area contributed by atoms with Gasteiger partial charge in [0.2, 0.25) is 11.8 Å². The van der Waals surface area contributed by atoms with Crippen LogP contribution in [0.1, 0.15) is 36.0 Å². The Morgan fingerprint density at radius 3 is 2.35 bits per heavy atom. The fourth-order valence-electron chi connectivity index (χ4n) is 2.03. The third-order valence-electron chi connectivity index (χ3n) is 3.42. The highest BCUT2D eigenvalue weighted by Gasteiger charge is 2.21. The van der Waals surface area contributed by atoms with Crippen molar-refractivity contribution in [2.45, 2.75) is 27.4 Å². The van der Waals surface area contributed by atoms with E-state index >= 15 is 0 Å². The normalized spacial score (nSPS) is 10.5. The van der Waals surface area contributed by atoms with E-state index in [0.717, 1.165) is 0 Å². The molecule has 1 heterocycles. The number of anilines is 1. The zero-order chi connectivity index (χ0) is 19.3. The van der Waals surface area contributed by atoms with Gasteiger partial charge < -0.3 is 23.9 Å². The molecule has 0 radical (unpaired) electrons. The Balaban J connectivity index is 2.30. The second-order valence-corrected chi connectivity index (χ2v) is 5.69. The van der Waals surface area contributed by atoms with Gasteiger partial charge in [0.1, 0.15) is 0 Å². The van der Waals surface area contributed by atoms with Crippen molar-refractivity contribution in [2.75, 3.05) is 19.5 Å². The highest BCUT2D eigenvalue weighted by atomic mass is 16.5. The number of nitrogens with zero attached hydrogens (tertiary/aromatic N) is 2. The molecule has 2 aromatic rings. The van der Waals surface area contributed by atoms with Gasteiger partial charge in [0.25, 0.3) is 5.89 Å². The van der Waals surface area contributed by atoms with Crippen LogP contribution in [0.5, 0.6) is 11.5 Å². The van der Waals surface area contributed by atoms with Crippen LogP contribution in [-0.4, -0.2) is 36.3 Å². The SMILES string of the molecule is COc1cc(NC(=O)C(C)C)c(C(=O)OCc2nnc(C)o2)cc1OC. The molecule has 1 aromatic heterocycles. The summed E-state index contributed by atoms with van der Waals surface area (Å²) in [6, 6.07) is 2.95. The first-order chi connectivity index (χ1) is 12.3. The van der Waals surface area contributed by atoms with E-state index in [1.165, 1.54) is 26.4 Å². The summed E-state index contributed by atoms with van der Waals surface area (Å²) in [5.74, 6) is 0.0374. The predicted octanol–water partition coefficient (Wildman–Crippen LogP) is 2.35. The summed E-state index contributed by atoms with van der Waals surface area (Å²) >= 11 is 0. The molecule has 2 rings (SSSR count). The number of esters is 1. The van der Waals surface area contributed by atoms with Crippen LogP contribution in [0.25, 0.3) is 0 Å². The van der Waals surface area contributed by atoms with Gasteiger partial charge in [-0.3, -0.25) is 4.79 Å². The minimum atomic E-state index is -0.680. The fraction of sp³-hybridized carbons (Fsp3) is 0.412. The molecule has 9 nitrogen and oxygen atoms in total. The van der Waals surface area contributed by atoms with E-state index in [2.05, 4.69) is 15.5 Å². The maximum atomic E-state index is 12.5. The number of aryl methyl sites for hydroxylation is 1. The van der Waals surface area contributed by atoms with Crippen LogP contribution in [-0.2, 0) is 16.1 Å². The van der Waals surface area contributed by atoms with Crippen molar-refractivity contribution < 1.29 is 28.2 Å². The first-order valence-corrected chi connectivity index (χ1v) is 7.88. The standard InChI is InChI=1S/C17H21N3O6/c1-9(2)16(21)18-12-7-14(24-5)13(23-4)6-11(12)17(22)25-8-15-20-19-10(3)26-15/h6-7,9H,8H2,1-5H3,(H,18,21). The summed E-state index contributed by atoms with van der Waals surface area (Å²) < 4.78 is 20.8. The summed E-state index contributed by atoms with van der Waals surface area (Å²) in [7, 11) is 2.91. The lowest BCUT2D eigenvalue weighted by molar-refractivity contribution is -0.118. The van der Waals surface area contributed by atoms with Crippen LogP contribution in [0.3, 0.4) is 0 Å². The van der Waals surface area contributed by atoms with Gasteiger partial charge in [0.15, 0.2) is 18.1 Å². The molecule has 1 amide bonds. The molecule has 0 aliphatic heterocycles. The number of hydrogen-bond donors (Lipinski definition) is 1. The topological polar surface area (TPSA) is 113 Å². The number of carbonyl (C=O) groups is 2. The van der Waals surface area contributed by atoms with E-state index in [-0.39, 0.29) is 35.6 Å². The summed E-state index contributed by atoms with van der Waals surface area (Å²) in [6.45, 7) is 4.93. The quantitative estimate of drug-likeness (QED) is 0.746. The van der Waals surface area contributed by atoms with Gasteiger partial charge in [-0.05, 0) is 0 Å². The number of rotatable bonds is 7. The zero-order valence-electron chi connectivity index (χ0n) is 15.3. The Bertz CT molecular complexity index is 800. The van der Waals surface area contributed by atoms with Crippen LogP contribution in [0, 0.1) is 12.8 Å². The Hall–Kier alpha value is -3.10. The van der Waals surface area contributed by atoms with Gasteiger partial charge in [-0.2, -0.15) is 0 Å². The molecule has 0 saturated carbocycles. The highest BCUT2D eigenvalue weighted by molar-refractivity contribution is 6.02. The largest absolute Gasteiger partial charge is 0.493 e. The molecule has 0 atom stereocenters. The van der Waals surface area contributed by atoms with Crippen LogP contribution < -0.4 is 14.8 Å². The van der Waals surface area contributed by atoms with Gasteiger partial charge in [0.05, 0.1) is 25.5 Å². The number of hydrogen-bond acceptors (Lipinski definition) is 8. The van der Waals surface area contributed by atoms with E-state index in [0.29, 0.717) is 17.4 Å². The average molecular weight is 363 g/mol. The van der Waals surface area contributed by atoms with Crippen LogP contribution >= 0.6 is 0 Å². The van der Waals surface area contributed by atoms with Crippen molar-refractivity contribution in [3.05, 3.63) is 29.5 Å². The molecule has 26 heavy (non-hydrogen) atoms. The molecule has 0 aliphatic rings. The number of methoxy groups -OCH3 is 2. The first kappa shape index (κ1) is 19.2. The number of amides is 1. The van der Waals surface area contributed by atoms with Crippen molar-refractivity contribution >= 4 is 17.6 Å². The molecule has 0 spiro atoms. The third-order valence-corrected chi connectivity index (χ3v) is 3.42. The molecule has 1 aromatic carbocycles. The minimum absolute atomic E-state index is 0.118. The third kappa shape index (κ3) is 4.50. The lowest BCUT2D eigenvalue weighted by Crippen LogP contribution is -2.20. The Morgan fingerprint density at radius 1 is 1.15 bits per heavy atom. The van der Waals surface area contributed by atoms with Gasteiger partial charge in [-0.15, -0.1) is 10.2 Å². The molecule has 0 aliphatic carbocycles. The number of aromatic nitrogens is 2. The molecule has 9 heteroatoms. The molecule has 1 N–H and O–H groups in total. The number of ether oxygens (including phenoxy) is 3. The highest BCUT2D eigenvalue weighted by Crippen LogP contribution is 2.34. The van der Waals surface area contributed by atoms with Gasteiger partial charge in [0, 0.05) is 25.0 Å². The fourth-order valence-corrected chi connectivity index (χ4v) is 2.03. The zero-order valence-corrected chi connectivity index (χ0v) is 15.3. The summed E-state index contributed by atoms with van der Waals surface area (Å²) in [6.07, 6.45) is 0. The summed E-state index contributed by atoms with van der Waals surface area (Å²) in [5, 5.41) is 10.1. The second-order valence-electron chi connectivity index (χ2n) is 5.69. The van der Waals surface area contributed by atoms with Crippen LogP contribution in [0.4, 0.5) is 5.69 Å². The average Bonchev–Trinajstić information content (AvgIpc) is 3.04. The minimum Gasteiger partial charge on any atom is -0.493 e. The van der Waals surface area contributed by atoms with Crippen molar-refractivity contribution in [1.82, 2.24) is 10.2 Å². The van der Waals surface area contributed by atoms with Gasteiger partial charge >= 0.3 is 5.97 Å². The Kier molecular flexibility index (Phi) is 6.16. The van der Waals surface area contributed by atoms with E-state index in [1.807, 2.05) is 0 Å². The molecular formula is C17H21N3O6. The van der Waals surface area contributed by atoms with Crippen LogP contribution in [0.2, 0.25) is 0 Å². The van der Waals surface area contributed by atoms with Crippen molar-refractivity contribution in [1.29, 1.82) is 0 Å². The summed E-state index contributed by atoms with van der Waals surface area (Å²) in [4.78, 5) is 24.6. The Morgan fingerprint density at radius 2 is 1.81 bits per heavy atom. The Labute approximate surface area is 150 Å². The van der Waals surface area contributed by atoms with Gasteiger partial charge in [-0.25, -0.2) is 4.79 Å². The number of benzene rings is 1. The van der Waals surface area contributed by atoms with Crippen LogP contribution in [0.15, 0.2) is 16.5 Å². The maximum absolute atomic E-state index is 12.5. The monoisotopic (exact) mass is 363 g/mol. The summed E-state index contributed by atoms with van der Waals surface area (Å²) in [5.41, 5.74) is 0.376. The molecule has 0 bridgehead atoms. The predicted molar refractivity (Wildman–Crippen MR) is 91.2 cm³/mol. The van der Waals surface area contributed by atoms with Crippen molar-refractivity contribution in [3.8, 4) is 11.5 Å². The van der Waals surface area contributed by atoms with E-state index < -0.39 is 5.97 Å². The van der Waals surface area contributed by atoms with E-state index in [1.54, 1.807) is 20.8 Å². The van der Waals surface area contributed by atoms with E-state index in [4.69, 9.17) is 18.6 Å². The number of carbonyl (C=O) groups excluding carboxylic acids is 2. The lowest BCUT2D eigenvalue weighted by atomic mass is 10.1. The van der Waals surface area contributed by atoms with Gasteiger partial charge in [-0.1, -0.05) is 13.8 Å². The smallest absolute Gasteiger partial charge is 0.340 e. The number of nitrogens with one attached hydrogen (secondary N) is 1. The lowest BCUT2D eigenvalue weighted by Gasteiger charge is -2.16. The maximum Gasteiger partial charge on any atom is 0.340 e. The first-order valence-electron chi connectivity index (χ1n) is 7.88. The molecule has 0 fully saturated rings. The van der Waals surface area contributed by atoms with E-state index in [9.17, 15) is 9.59 Å². The molecule has 0 unspecified atom stereocenters. The molecular weight excluding hydrogens is 342 g/mol. The van der Waals surface area contributed by atoms with Crippen molar-refractivity contribution in [2.24, 2.45) is 5.92 Å². The molecule has 140 valence electrons. The molecule has 0 saturated heterocycles. The second kappa shape index (κ2) is 8.32. The van der Waals surface area contributed by atoms with Crippen molar-refractivity contribution in [3.63, 3.8) is 0 Å².